The second-order valence-electron chi connectivity index (χ2n) is 8.15. The van der Waals surface area contributed by atoms with E-state index < -0.39 is 0 Å². The molecule has 2 aromatic carbocycles. The van der Waals surface area contributed by atoms with Crippen molar-refractivity contribution in [2.75, 3.05) is 39.8 Å². The smallest absolute Gasteiger partial charge is 0.227 e. The molecule has 32 heavy (non-hydrogen) atoms. The number of amides is 1. The molecule has 1 N–H and O–H groups in total. The number of nitrogens with one attached hydrogen (secondary N) is 1. The number of carbonyl (C=O) groups excluding carboxylic acids is 1. The van der Waals surface area contributed by atoms with Gasteiger partial charge in [0.25, 0.3) is 0 Å². The van der Waals surface area contributed by atoms with Crippen LogP contribution in [0, 0.1) is 0 Å². The highest BCUT2D eigenvalue weighted by molar-refractivity contribution is 6.30. The van der Waals surface area contributed by atoms with Crippen molar-refractivity contribution in [1.82, 2.24) is 25.3 Å². The van der Waals surface area contributed by atoms with Gasteiger partial charge in [-0.15, -0.1) is 0 Å². The predicted octanol–water partition coefficient (Wildman–Crippen LogP) is 3.43. The van der Waals surface area contributed by atoms with Gasteiger partial charge in [-0.2, -0.15) is 4.98 Å². The van der Waals surface area contributed by atoms with Crippen molar-refractivity contribution in [3.05, 3.63) is 71.1 Å². The van der Waals surface area contributed by atoms with Gasteiger partial charge in [0.2, 0.25) is 17.6 Å². The molecule has 0 spiro atoms. The van der Waals surface area contributed by atoms with E-state index in [1.54, 1.807) is 12.1 Å². The maximum absolute atomic E-state index is 12.8. The molecule has 1 aromatic heterocycles. The Morgan fingerprint density at radius 2 is 1.81 bits per heavy atom. The van der Waals surface area contributed by atoms with Crippen LogP contribution in [-0.2, 0) is 11.2 Å². The van der Waals surface area contributed by atoms with Crippen LogP contribution in [0.5, 0.6) is 0 Å². The summed E-state index contributed by atoms with van der Waals surface area (Å²) in [4.78, 5) is 21.9. The van der Waals surface area contributed by atoms with Crippen molar-refractivity contribution in [2.45, 2.75) is 18.9 Å². The van der Waals surface area contributed by atoms with Crippen LogP contribution in [-0.4, -0.2) is 65.6 Å². The molecule has 4 rings (SSSR count). The number of carbonyl (C=O) groups is 1. The first-order valence-electron chi connectivity index (χ1n) is 10.9. The van der Waals surface area contributed by atoms with Crippen LogP contribution >= 0.6 is 11.6 Å². The third kappa shape index (κ3) is 6.16. The number of likely N-dealkylation sites (N-methyl/N-ethyl adjacent to an activating group) is 1. The minimum Gasteiger partial charge on any atom is -0.348 e. The molecular weight excluding hydrogens is 426 g/mol. The Morgan fingerprint density at radius 1 is 1.09 bits per heavy atom. The number of aromatic nitrogens is 2. The normalized spacial score (nSPS) is 16.1. The van der Waals surface area contributed by atoms with Gasteiger partial charge in [-0.3, -0.25) is 9.69 Å². The molecule has 3 aromatic rings. The number of benzene rings is 2. The van der Waals surface area contributed by atoms with Gasteiger partial charge >= 0.3 is 0 Å². The fourth-order valence-corrected chi connectivity index (χ4v) is 3.89. The standard InChI is InChI=1S/C24H28ClN5O2/c1-29-13-15-30(16-14-29)17-21(18-5-3-2-4-6-18)26-22(31)11-12-23-27-24(28-32-23)19-7-9-20(25)10-8-19/h2-10,21H,11-17H2,1H3,(H,26,31). The van der Waals surface area contributed by atoms with Gasteiger partial charge in [-0.05, 0) is 36.9 Å². The van der Waals surface area contributed by atoms with E-state index in [1.807, 2.05) is 30.3 Å². The summed E-state index contributed by atoms with van der Waals surface area (Å²) < 4.78 is 5.33. The van der Waals surface area contributed by atoms with Gasteiger partial charge in [-0.25, -0.2) is 0 Å². The van der Waals surface area contributed by atoms with Gasteiger partial charge in [-0.1, -0.05) is 47.1 Å². The summed E-state index contributed by atoms with van der Waals surface area (Å²) in [6, 6.07) is 17.3. The zero-order valence-electron chi connectivity index (χ0n) is 18.2. The molecule has 168 valence electrons. The molecule has 1 aliphatic heterocycles. The lowest BCUT2D eigenvalue weighted by molar-refractivity contribution is -0.122. The highest BCUT2D eigenvalue weighted by Gasteiger charge is 2.21. The van der Waals surface area contributed by atoms with Gasteiger partial charge in [0, 0.05) is 56.2 Å². The average molecular weight is 454 g/mol. The average Bonchev–Trinajstić information content (AvgIpc) is 3.29. The largest absolute Gasteiger partial charge is 0.348 e. The number of aryl methyl sites for hydroxylation is 1. The monoisotopic (exact) mass is 453 g/mol. The van der Waals surface area contributed by atoms with E-state index in [9.17, 15) is 4.79 Å². The number of halogens is 1. The summed E-state index contributed by atoms with van der Waals surface area (Å²) in [5, 5.41) is 7.87. The minimum absolute atomic E-state index is 0.0285. The number of hydrogen-bond acceptors (Lipinski definition) is 6. The summed E-state index contributed by atoms with van der Waals surface area (Å²) in [5.41, 5.74) is 1.94. The topological polar surface area (TPSA) is 74.5 Å². The van der Waals surface area contributed by atoms with Crippen LogP contribution in [0.2, 0.25) is 5.02 Å². The van der Waals surface area contributed by atoms with E-state index in [-0.39, 0.29) is 18.4 Å². The first-order chi connectivity index (χ1) is 15.6. The Bertz CT molecular complexity index is 1000. The lowest BCUT2D eigenvalue weighted by atomic mass is 10.1. The van der Waals surface area contributed by atoms with E-state index >= 15 is 0 Å². The first-order valence-corrected chi connectivity index (χ1v) is 11.3. The second-order valence-corrected chi connectivity index (χ2v) is 8.59. The van der Waals surface area contributed by atoms with Crippen molar-refractivity contribution in [1.29, 1.82) is 0 Å². The van der Waals surface area contributed by atoms with E-state index in [4.69, 9.17) is 16.1 Å². The fourth-order valence-electron chi connectivity index (χ4n) is 3.77. The third-order valence-electron chi connectivity index (χ3n) is 5.71. The van der Waals surface area contributed by atoms with Crippen molar-refractivity contribution < 1.29 is 9.32 Å². The summed E-state index contributed by atoms with van der Waals surface area (Å²) in [7, 11) is 2.14. The van der Waals surface area contributed by atoms with Crippen molar-refractivity contribution >= 4 is 17.5 Å². The molecular formula is C24H28ClN5O2. The molecule has 0 bridgehead atoms. The van der Waals surface area contributed by atoms with Crippen LogP contribution < -0.4 is 5.32 Å². The molecule has 8 heteroatoms. The predicted molar refractivity (Wildman–Crippen MR) is 124 cm³/mol. The Balaban J connectivity index is 1.34. The molecule has 1 amide bonds. The third-order valence-corrected chi connectivity index (χ3v) is 5.96. The van der Waals surface area contributed by atoms with Gasteiger partial charge in [0.05, 0.1) is 6.04 Å². The molecule has 2 heterocycles. The lowest BCUT2D eigenvalue weighted by Crippen LogP contribution is -2.47. The second kappa shape index (κ2) is 10.7. The van der Waals surface area contributed by atoms with Crippen LogP contribution in [0.25, 0.3) is 11.4 Å². The highest BCUT2D eigenvalue weighted by atomic mass is 35.5. The minimum atomic E-state index is -0.0561. The molecule has 0 radical (unpaired) electrons. The van der Waals surface area contributed by atoms with Gasteiger partial charge in [0.15, 0.2) is 0 Å². The van der Waals surface area contributed by atoms with Crippen LogP contribution in [0.15, 0.2) is 59.1 Å². The summed E-state index contributed by atoms with van der Waals surface area (Å²) in [6.45, 7) is 4.90. The van der Waals surface area contributed by atoms with Crippen molar-refractivity contribution in [3.63, 3.8) is 0 Å². The zero-order valence-corrected chi connectivity index (χ0v) is 19.0. The first kappa shape index (κ1) is 22.5. The number of piperazine rings is 1. The summed E-state index contributed by atoms with van der Waals surface area (Å²) in [6.07, 6.45) is 0.677. The Hall–Kier alpha value is -2.74. The molecule has 1 fully saturated rings. The van der Waals surface area contributed by atoms with Crippen LogP contribution in [0.4, 0.5) is 0 Å². The highest BCUT2D eigenvalue weighted by Crippen LogP contribution is 2.19. The molecule has 7 nitrogen and oxygen atoms in total. The molecule has 1 atom stereocenters. The summed E-state index contributed by atoms with van der Waals surface area (Å²) >= 11 is 5.93. The van der Waals surface area contributed by atoms with E-state index in [0.717, 1.165) is 43.9 Å². The van der Waals surface area contributed by atoms with Crippen LogP contribution in [0.3, 0.4) is 0 Å². The summed E-state index contributed by atoms with van der Waals surface area (Å²) in [5.74, 6) is 0.911. The Labute approximate surface area is 193 Å². The zero-order chi connectivity index (χ0) is 22.3. The Kier molecular flexibility index (Phi) is 7.52. The van der Waals surface area contributed by atoms with Gasteiger partial charge in [0.1, 0.15) is 0 Å². The molecule has 0 saturated carbocycles. The molecule has 1 saturated heterocycles. The van der Waals surface area contributed by atoms with Crippen molar-refractivity contribution in [3.8, 4) is 11.4 Å². The van der Waals surface area contributed by atoms with E-state index in [0.29, 0.717) is 23.2 Å². The number of nitrogens with zero attached hydrogens (tertiary/aromatic N) is 4. The molecule has 1 aliphatic rings. The fraction of sp³-hybridized carbons (Fsp3) is 0.375. The quantitative estimate of drug-likeness (QED) is 0.563. The van der Waals surface area contributed by atoms with Crippen molar-refractivity contribution in [2.24, 2.45) is 0 Å². The lowest BCUT2D eigenvalue weighted by Gasteiger charge is -2.35. The number of hydrogen-bond donors (Lipinski definition) is 1. The molecule has 0 aliphatic carbocycles. The van der Waals surface area contributed by atoms with E-state index in [1.165, 1.54) is 0 Å². The SMILES string of the molecule is CN1CCN(CC(NC(=O)CCc2nc(-c3ccc(Cl)cc3)no2)c2ccccc2)CC1. The van der Waals surface area contributed by atoms with Crippen LogP contribution in [0.1, 0.15) is 23.9 Å². The maximum Gasteiger partial charge on any atom is 0.227 e. The maximum atomic E-state index is 12.8. The Morgan fingerprint density at radius 3 is 2.53 bits per heavy atom. The van der Waals surface area contributed by atoms with E-state index in [2.05, 4.69) is 44.4 Å². The number of rotatable bonds is 8. The molecule has 1 unspecified atom stereocenters. The van der Waals surface area contributed by atoms with Gasteiger partial charge < -0.3 is 14.7 Å².